The maximum Gasteiger partial charge on any atom is 0.120 e. The molecule has 0 unspecified atom stereocenters. The Labute approximate surface area is 98.4 Å². The standard InChI is InChI=1S/C13H22N2O/c1-11(2)14-8-9-15(3)12-6-5-7-13(10-12)16-4/h5-7,10-11,14H,8-9H2,1-4H3. The minimum absolute atomic E-state index is 0.540. The lowest BCUT2D eigenvalue weighted by Crippen LogP contribution is -2.32. The number of methoxy groups -OCH3 is 1. The van der Waals surface area contributed by atoms with Gasteiger partial charge < -0.3 is 15.0 Å². The number of hydrogen-bond donors (Lipinski definition) is 1. The fraction of sp³-hybridized carbons (Fsp3) is 0.538. The fourth-order valence-electron chi connectivity index (χ4n) is 1.50. The summed E-state index contributed by atoms with van der Waals surface area (Å²) in [6, 6.07) is 8.66. The van der Waals surface area contributed by atoms with Gasteiger partial charge in [-0.2, -0.15) is 0 Å². The van der Waals surface area contributed by atoms with Gasteiger partial charge in [0.2, 0.25) is 0 Å². The molecule has 0 aliphatic rings. The second kappa shape index (κ2) is 6.38. The van der Waals surface area contributed by atoms with Crippen LogP contribution < -0.4 is 15.0 Å². The number of ether oxygens (including phenoxy) is 1. The first-order valence-corrected chi connectivity index (χ1v) is 5.72. The molecule has 0 atom stereocenters. The Morgan fingerprint density at radius 1 is 1.38 bits per heavy atom. The third kappa shape index (κ3) is 4.11. The lowest BCUT2D eigenvalue weighted by atomic mass is 10.3. The molecule has 0 aromatic heterocycles. The summed E-state index contributed by atoms with van der Waals surface area (Å²) in [5, 5.41) is 3.40. The van der Waals surface area contributed by atoms with E-state index in [-0.39, 0.29) is 0 Å². The van der Waals surface area contributed by atoms with Crippen LogP contribution in [0.25, 0.3) is 0 Å². The van der Waals surface area contributed by atoms with Crippen molar-refractivity contribution in [1.82, 2.24) is 5.32 Å². The fourth-order valence-corrected chi connectivity index (χ4v) is 1.50. The highest BCUT2D eigenvalue weighted by Crippen LogP contribution is 2.19. The van der Waals surface area contributed by atoms with Crippen LogP contribution in [0.15, 0.2) is 24.3 Å². The maximum absolute atomic E-state index is 5.21. The summed E-state index contributed by atoms with van der Waals surface area (Å²) in [4.78, 5) is 2.22. The van der Waals surface area contributed by atoms with Crippen molar-refractivity contribution in [2.24, 2.45) is 0 Å². The van der Waals surface area contributed by atoms with Crippen LogP contribution in [0, 0.1) is 0 Å². The van der Waals surface area contributed by atoms with Gasteiger partial charge in [-0.3, -0.25) is 0 Å². The monoisotopic (exact) mass is 222 g/mol. The molecular formula is C13H22N2O. The van der Waals surface area contributed by atoms with Crippen molar-refractivity contribution in [2.45, 2.75) is 19.9 Å². The third-order valence-electron chi connectivity index (χ3n) is 2.49. The van der Waals surface area contributed by atoms with Crippen LogP contribution in [0.1, 0.15) is 13.8 Å². The number of nitrogens with zero attached hydrogens (tertiary/aromatic N) is 1. The van der Waals surface area contributed by atoms with Crippen molar-refractivity contribution < 1.29 is 4.74 Å². The first kappa shape index (κ1) is 12.8. The largest absolute Gasteiger partial charge is 0.497 e. The van der Waals surface area contributed by atoms with Crippen molar-refractivity contribution in [3.63, 3.8) is 0 Å². The van der Waals surface area contributed by atoms with Gasteiger partial charge >= 0.3 is 0 Å². The molecule has 0 saturated heterocycles. The molecule has 0 aliphatic heterocycles. The summed E-state index contributed by atoms with van der Waals surface area (Å²) < 4.78 is 5.21. The van der Waals surface area contributed by atoms with Gasteiger partial charge in [-0.15, -0.1) is 0 Å². The van der Waals surface area contributed by atoms with E-state index in [1.807, 2.05) is 12.1 Å². The lowest BCUT2D eigenvalue weighted by molar-refractivity contribution is 0.415. The SMILES string of the molecule is COc1cccc(N(C)CCNC(C)C)c1. The minimum atomic E-state index is 0.540. The van der Waals surface area contributed by atoms with Crippen molar-refractivity contribution in [3.8, 4) is 5.75 Å². The molecule has 0 fully saturated rings. The summed E-state index contributed by atoms with van der Waals surface area (Å²) >= 11 is 0. The molecule has 1 N–H and O–H groups in total. The molecule has 90 valence electrons. The Kier molecular flexibility index (Phi) is 5.12. The van der Waals surface area contributed by atoms with Crippen molar-refractivity contribution >= 4 is 5.69 Å². The van der Waals surface area contributed by atoms with E-state index >= 15 is 0 Å². The highest BCUT2D eigenvalue weighted by Gasteiger charge is 2.02. The molecule has 1 aromatic carbocycles. The Hall–Kier alpha value is -1.22. The Morgan fingerprint density at radius 2 is 2.12 bits per heavy atom. The predicted molar refractivity (Wildman–Crippen MR) is 69.4 cm³/mol. The molecule has 3 nitrogen and oxygen atoms in total. The first-order chi connectivity index (χ1) is 7.63. The lowest BCUT2D eigenvalue weighted by Gasteiger charge is -2.20. The molecule has 0 bridgehead atoms. The Balaban J connectivity index is 2.48. The Morgan fingerprint density at radius 3 is 2.75 bits per heavy atom. The van der Waals surface area contributed by atoms with E-state index in [9.17, 15) is 0 Å². The number of rotatable bonds is 6. The first-order valence-electron chi connectivity index (χ1n) is 5.72. The number of likely N-dealkylation sites (N-methyl/N-ethyl adjacent to an activating group) is 1. The summed E-state index contributed by atoms with van der Waals surface area (Å²) in [5.41, 5.74) is 1.19. The molecule has 16 heavy (non-hydrogen) atoms. The van der Waals surface area contributed by atoms with Gasteiger partial charge in [0.25, 0.3) is 0 Å². The van der Waals surface area contributed by atoms with E-state index in [1.165, 1.54) is 5.69 Å². The molecule has 0 amide bonds. The van der Waals surface area contributed by atoms with Crippen LogP contribution in [0.5, 0.6) is 5.75 Å². The van der Waals surface area contributed by atoms with E-state index in [4.69, 9.17) is 4.74 Å². The van der Waals surface area contributed by atoms with Crippen LogP contribution in [0.2, 0.25) is 0 Å². The van der Waals surface area contributed by atoms with E-state index in [2.05, 4.69) is 43.2 Å². The normalized spacial score (nSPS) is 10.6. The number of benzene rings is 1. The molecule has 1 aromatic rings. The summed E-state index contributed by atoms with van der Waals surface area (Å²) in [6.45, 7) is 6.30. The van der Waals surface area contributed by atoms with Crippen LogP contribution in [0.4, 0.5) is 5.69 Å². The van der Waals surface area contributed by atoms with Gasteiger partial charge in [0, 0.05) is 37.9 Å². The average Bonchev–Trinajstić information content (AvgIpc) is 2.28. The van der Waals surface area contributed by atoms with Crippen LogP contribution in [-0.2, 0) is 0 Å². The molecular weight excluding hydrogens is 200 g/mol. The minimum Gasteiger partial charge on any atom is -0.497 e. The van der Waals surface area contributed by atoms with Crippen molar-refractivity contribution in [1.29, 1.82) is 0 Å². The van der Waals surface area contributed by atoms with Gasteiger partial charge in [0.15, 0.2) is 0 Å². The van der Waals surface area contributed by atoms with Gasteiger partial charge in [-0.25, -0.2) is 0 Å². The number of nitrogens with one attached hydrogen (secondary N) is 1. The quantitative estimate of drug-likeness (QED) is 0.798. The summed E-state index contributed by atoms with van der Waals surface area (Å²) in [7, 11) is 3.79. The second-order valence-corrected chi connectivity index (χ2v) is 4.23. The van der Waals surface area contributed by atoms with Gasteiger partial charge in [0.05, 0.1) is 7.11 Å². The van der Waals surface area contributed by atoms with Crippen molar-refractivity contribution in [2.75, 3.05) is 32.1 Å². The zero-order valence-corrected chi connectivity index (χ0v) is 10.7. The van der Waals surface area contributed by atoms with E-state index in [1.54, 1.807) is 7.11 Å². The Bertz CT molecular complexity index is 313. The van der Waals surface area contributed by atoms with Gasteiger partial charge in [0.1, 0.15) is 5.75 Å². The molecule has 0 aliphatic carbocycles. The summed E-state index contributed by atoms with van der Waals surface area (Å²) in [6.07, 6.45) is 0. The molecule has 0 radical (unpaired) electrons. The molecule has 3 heteroatoms. The summed E-state index contributed by atoms with van der Waals surface area (Å²) in [5.74, 6) is 0.904. The zero-order valence-electron chi connectivity index (χ0n) is 10.7. The van der Waals surface area contributed by atoms with Crippen LogP contribution in [0.3, 0.4) is 0 Å². The van der Waals surface area contributed by atoms with Gasteiger partial charge in [-0.05, 0) is 12.1 Å². The molecule has 0 saturated carbocycles. The highest BCUT2D eigenvalue weighted by atomic mass is 16.5. The van der Waals surface area contributed by atoms with Crippen molar-refractivity contribution in [3.05, 3.63) is 24.3 Å². The number of anilines is 1. The van der Waals surface area contributed by atoms with Crippen LogP contribution in [-0.4, -0.2) is 33.3 Å². The third-order valence-corrected chi connectivity index (χ3v) is 2.49. The molecule has 0 spiro atoms. The topological polar surface area (TPSA) is 24.5 Å². The van der Waals surface area contributed by atoms with Crippen LogP contribution >= 0.6 is 0 Å². The maximum atomic E-state index is 5.21. The highest BCUT2D eigenvalue weighted by molar-refractivity contribution is 5.50. The average molecular weight is 222 g/mol. The second-order valence-electron chi connectivity index (χ2n) is 4.23. The zero-order chi connectivity index (χ0) is 12.0. The van der Waals surface area contributed by atoms with E-state index in [0.29, 0.717) is 6.04 Å². The van der Waals surface area contributed by atoms with E-state index < -0.39 is 0 Å². The van der Waals surface area contributed by atoms with Gasteiger partial charge in [-0.1, -0.05) is 19.9 Å². The smallest absolute Gasteiger partial charge is 0.120 e. The molecule has 1 rings (SSSR count). The van der Waals surface area contributed by atoms with E-state index in [0.717, 1.165) is 18.8 Å². The molecule has 0 heterocycles. The predicted octanol–water partition coefficient (Wildman–Crippen LogP) is 2.13. The number of hydrogen-bond acceptors (Lipinski definition) is 3.